The first-order valence-electron chi connectivity index (χ1n) is 7.13. The smallest absolute Gasteiger partial charge is 0.125 e. The number of furan rings is 1. The van der Waals surface area contributed by atoms with Gasteiger partial charge in [-0.2, -0.15) is 5.10 Å². The molecule has 0 radical (unpaired) electrons. The number of rotatable bonds is 4. The van der Waals surface area contributed by atoms with E-state index in [-0.39, 0.29) is 5.41 Å². The molecule has 2 aromatic heterocycles. The minimum atomic E-state index is 0.0105. The Morgan fingerprint density at radius 2 is 2.00 bits per heavy atom. The molecule has 0 saturated heterocycles. The quantitative estimate of drug-likeness (QED) is 0.929. The number of aromatic nitrogens is 2. The largest absolute Gasteiger partial charge is 0.467 e. The molecule has 2 heterocycles. The second-order valence-corrected chi connectivity index (χ2v) is 6.61. The molecule has 2 aromatic rings. The van der Waals surface area contributed by atoms with Crippen molar-refractivity contribution in [2.75, 3.05) is 0 Å². The summed E-state index contributed by atoms with van der Waals surface area (Å²) < 4.78 is 7.52. The third-order valence-electron chi connectivity index (χ3n) is 3.25. The molecule has 0 aliphatic carbocycles. The second kappa shape index (κ2) is 5.44. The molecule has 2 rings (SSSR count). The van der Waals surface area contributed by atoms with Crippen molar-refractivity contribution in [2.24, 2.45) is 7.05 Å². The number of nitrogens with one attached hydrogen (secondary N) is 1. The van der Waals surface area contributed by atoms with Gasteiger partial charge < -0.3 is 9.73 Å². The first-order valence-corrected chi connectivity index (χ1v) is 7.13. The topological polar surface area (TPSA) is 43.0 Å². The Kier molecular flexibility index (Phi) is 4.04. The van der Waals surface area contributed by atoms with Crippen LogP contribution in [0.5, 0.6) is 0 Å². The average Bonchev–Trinajstić information content (AvgIpc) is 2.90. The summed E-state index contributed by atoms with van der Waals surface area (Å²) in [5.41, 5.74) is 3.41. The maximum atomic E-state index is 5.65. The van der Waals surface area contributed by atoms with Gasteiger partial charge in [-0.25, -0.2) is 0 Å². The van der Waals surface area contributed by atoms with Crippen LogP contribution in [0.4, 0.5) is 0 Å². The van der Waals surface area contributed by atoms with Crippen LogP contribution in [0.3, 0.4) is 0 Å². The molecule has 0 aliphatic rings. The molecule has 0 spiro atoms. The molecule has 1 N–H and O–H groups in total. The monoisotopic (exact) mass is 275 g/mol. The third kappa shape index (κ3) is 3.12. The maximum absolute atomic E-state index is 5.65. The summed E-state index contributed by atoms with van der Waals surface area (Å²) in [7, 11) is 1.96. The highest BCUT2D eigenvalue weighted by molar-refractivity contribution is 5.68. The lowest BCUT2D eigenvalue weighted by Crippen LogP contribution is -2.22. The second-order valence-electron chi connectivity index (χ2n) is 6.61. The molecule has 4 nitrogen and oxygen atoms in total. The molecule has 4 heteroatoms. The van der Waals surface area contributed by atoms with Gasteiger partial charge >= 0.3 is 0 Å². The Hall–Kier alpha value is -1.55. The SMILES string of the molecule is CC(C)NCc1occc1-c1cn(C)nc1C(C)(C)C. The number of aryl methyl sites for hydroxylation is 1. The summed E-state index contributed by atoms with van der Waals surface area (Å²) in [5.74, 6) is 0.970. The van der Waals surface area contributed by atoms with Crippen LogP contribution in [-0.2, 0) is 19.0 Å². The zero-order valence-corrected chi connectivity index (χ0v) is 13.3. The van der Waals surface area contributed by atoms with Gasteiger partial charge in [-0.05, 0) is 6.07 Å². The molecule has 0 saturated carbocycles. The summed E-state index contributed by atoms with van der Waals surface area (Å²) >= 11 is 0. The van der Waals surface area contributed by atoms with Crippen molar-refractivity contribution in [3.05, 3.63) is 30.0 Å². The summed E-state index contributed by atoms with van der Waals surface area (Å²) in [6.45, 7) is 11.6. The van der Waals surface area contributed by atoms with Crippen LogP contribution in [-0.4, -0.2) is 15.8 Å². The van der Waals surface area contributed by atoms with Gasteiger partial charge in [-0.3, -0.25) is 4.68 Å². The van der Waals surface area contributed by atoms with E-state index in [1.54, 1.807) is 6.26 Å². The van der Waals surface area contributed by atoms with Crippen LogP contribution in [0.2, 0.25) is 0 Å². The molecule has 0 aromatic carbocycles. The van der Waals surface area contributed by atoms with Crippen molar-refractivity contribution < 1.29 is 4.42 Å². The third-order valence-corrected chi connectivity index (χ3v) is 3.25. The Balaban J connectivity index is 2.40. The van der Waals surface area contributed by atoms with Crippen LogP contribution in [0.15, 0.2) is 22.9 Å². The van der Waals surface area contributed by atoms with Crippen LogP contribution in [0, 0.1) is 0 Å². The van der Waals surface area contributed by atoms with Gasteiger partial charge in [-0.15, -0.1) is 0 Å². The molecule has 0 fully saturated rings. The fourth-order valence-corrected chi connectivity index (χ4v) is 2.25. The van der Waals surface area contributed by atoms with Gasteiger partial charge in [0.1, 0.15) is 5.76 Å². The van der Waals surface area contributed by atoms with E-state index in [1.807, 2.05) is 17.8 Å². The predicted octanol–water partition coefficient (Wildman–Crippen LogP) is 3.48. The first kappa shape index (κ1) is 14.9. The van der Waals surface area contributed by atoms with E-state index in [9.17, 15) is 0 Å². The van der Waals surface area contributed by atoms with E-state index in [2.05, 4.69) is 51.2 Å². The Morgan fingerprint density at radius 3 is 2.60 bits per heavy atom. The molecule has 0 unspecified atom stereocenters. The van der Waals surface area contributed by atoms with Crippen LogP contribution < -0.4 is 5.32 Å². The van der Waals surface area contributed by atoms with E-state index in [0.717, 1.165) is 29.1 Å². The van der Waals surface area contributed by atoms with Crippen LogP contribution in [0.1, 0.15) is 46.1 Å². The highest BCUT2D eigenvalue weighted by atomic mass is 16.3. The summed E-state index contributed by atoms with van der Waals surface area (Å²) in [6.07, 6.45) is 3.83. The first-order chi connectivity index (χ1) is 9.29. The normalized spacial score (nSPS) is 12.3. The van der Waals surface area contributed by atoms with Crippen molar-refractivity contribution in [3.63, 3.8) is 0 Å². The standard InChI is InChI=1S/C16H25N3O/c1-11(2)17-9-14-12(7-8-20-14)13-10-19(6)18-15(13)16(3,4)5/h7-8,10-11,17H,9H2,1-6H3. The van der Waals surface area contributed by atoms with Gasteiger partial charge in [0.05, 0.1) is 18.5 Å². The van der Waals surface area contributed by atoms with Gasteiger partial charge in [0.2, 0.25) is 0 Å². The highest BCUT2D eigenvalue weighted by Gasteiger charge is 2.24. The number of hydrogen-bond donors (Lipinski definition) is 1. The number of nitrogens with zero attached hydrogens (tertiary/aromatic N) is 2. The molecule has 0 aliphatic heterocycles. The van der Waals surface area contributed by atoms with Crippen molar-refractivity contribution in [1.82, 2.24) is 15.1 Å². The minimum Gasteiger partial charge on any atom is -0.467 e. The highest BCUT2D eigenvalue weighted by Crippen LogP contribution is 2.34. The summed E-state index contributed by atoms with van der Waals surface area (Å²) in [4.78, 5) is 0. The van der Waals surface area contributed by atoms with Crippen molar-refractivity contribution in [2.45, 2.75) is 52.6 Å². The lowest BCUT2D eigenvalue weighted by molar-refractivity contribution is 0.466. The maximum Gasteiger partial charge on any atom is 0.125 e. The number of hydrogen-bond acceptors (Lipinski definition) is 3. The van der Waals surface area contributed by atoms with Crippen LogP contribution in [0.25, 0.3) is 11.1 Å². The predicted molar refractivity (Wildman–Crippen MR) is 81.6 cm³/mol. The molecular weight excluding hydrogens is 250 g/mol. The molecular formula is C16H25N3O. The lowest BCUT2D eigenvalue weighted by atomic mass is 9.87. The van der Waals surface area contributed by atoms with Crippen LogP contribution >= 0.6 is 0 Å². The Bertz CT molecular complexity index is 573. The van der Waals surface area contributed by atoms with Gasteiger partial charge in [0, 0.05) is 35.8 Å². The molecule has 0 bridgehead atoms. The summed E-state index contributed by atoms with van der Waals surface area (Å²) in [6, 6.07) is 2.47. The van der Waals surface area contributed by atoms with E-state index in [0.29, 0.717) is 6.04 Å². The fraction of sp³-hybridized carbons (Fsp3) is 0.562. The minimum absolute atomic E-state index is 0.0105. The van der Waals surface area contributed by atoms with E-state index < -0.39 is 0 Å². The molecule has 0 amide bonds. The summed E-state index contributed by atoms with van der Waals surface area (Å²) in [5, 5.41) is 8.03. The Morgan fingerprint density at radius 1 is 1.30 bits per heavy atom. The zero-order chi connectivity index (χ0) is 14.9. The fourth-order valence-electron chi connectivity index (χ4n) is 2.25. The van der Waals surface area contributed by atoms with E-state index in [1.165, 1.54) is 0 Å². The lowest BCUT2D eigenvalue weighted by Gasteiger charge is -2.17. The van der Waals surface area contributed by atoms with Gasteiger partial charge in [-0.1, -0.05) is 34.6 Å². The van der Waals surface area contributed by atoms with Gasteiger partial charge in [0.25, 0.3) is 0 Å². The van der Waals surface area contributed by atoms with Gasteiger partial charge in [0.15, 0.2) is 0 Å². The molecule has 0 atom stereocenters. The van der Waals surface area contributed by atoms with E-state index in [4.69, 9.17) is 4.42 Å². The van der Waals surface area contributed by atoms with Crippen molar-refractivity contribution >= 4 is 0 Å². The zero-order valence-electron chi connectivity index (χ0n) is 13.3. The molecule has 110 valence electrons. The Labute approximate surface area is 121 Å². The van der Waals surface area contributed by atoms with Crippen molar-refractivity contribution in [3.8, 4) is 11.1 Å². The molecule has 20 heavy (non-hydrogen) atoms. The van der Waals surface area contributed by atoms with E-state index >= 15 is 0 Å². The average molecular weight is 275 g/mol. The van der Waals surface area contributed by atoms with Crippen molar-refractivity contribution in [1.29, 1.82) is 0 Å².